The molecule has 0 aliphatic carbocycles. The van der Waals surface area contributed by atoms with Crippen LogP contribution in [0.15, 0.2) is 24.4 Å². The molecule has 104 valence electrons. The minimum Gasteiger partial charge on any atom is -0.399 e. The summed E-state index contributed by atoms with van der Waals surface area (Å²) in [4.78, 5) is 4.75. The molecular weight excluding hydrogens is 250 g/mol. The number of aryl methyl sites for hydroxylation is 2. The van der Waals surface area contributed by atoms with E-state index in [2.05, 4.69) is 23.5 Å². The van der Waals surface area contributed by atoms with Crippen molar-refractivity contribution in [2.45, 2.75) is 26.7 Å². The fourth-order valence-corrected chi connectivity index (χ4v) is 2.56. The van der Waals surface area contributed by atoms with Crippen molar-refractivity contribution in [3.05, 3.63) is 35.9 Å². The molecule has 0 saturated carbocycles. The fraction of sp³-hybridized carbons (Fsp3) is 0.333. The lowest BCUT2D eigenvalue weighted by Crippen LogP contribution is -2.03. The molecule has 3 aromatic rings. The Morgan fingerprint density at radius 1 is 1.25 bits per heavy atom. The summed E-state index contributed by atoms with van der Waals surface area (Å²) in [6.07, 6.45) is 2.03. The Morgan fingerprint density at radius 3 is 2.60 bits per heavy atom. The molecule has 2 aromatic heterocycles. The summed E-state index contributed by atoms with van der Waals surface area (Å²) >= 11 is 0. The third-order valence-corrected chi connectivity index (χ3v) is 3.45. The van der Waals surface area contributed by atoms with Crippen LogP contribution in [0.5, 0.6) is 0 Å². The third-order valence-electron chi connectivity index (χ3n) is 3.45. The highest BCUT2D eigenvalue weighted by Crippen LogP contribution is 2.28. The molecule has 0 aliphatic heterocycles. The van der Waals surface area contributed by atoms with Crippen molar-refractivity contribution in [3.63, 3.8) is 0 Å². The van der Waals surface area contributed by atoms with E-state index < -0.39 is 0 Å². The lowest BCUT2D eigenvalue weighted by Gasteiger charge is -2.10. The Labute approximate surface area is 118 Å². The Morgan fingerprint density at radius 2 is 2.00 bits per heavy atom. The number of nitrogens with zero attached hydrogens (tertiary/aromatic N) is 4. The summed E-state index contributed by atoms with van der Waals surface area (Å²) in [5, 5.41) is 4.44. The van der Waals surface area contributed by atoms with Gasteiger partial charge in [0.25, 0.3) is 0 Å². The van der Waals surface area contributed by atoms with Gasteiger partial charge in [-0.15, -0.1) is 0 Å². The number of hydrogen-bond donors (Lipinski definition) is 1. The number of hydrogen-bond acceptors (Lipinski definition) is 3. The zero-order valence-electron chi connectivity index (χ0n) is 12.3. The van der Waals surface area contributed by atoms with E-state index in [1.54, 1.807) is 0 Å². The first kappa shape index (κ1) is 12.7. The Balaban J connectivity index is 2.37. The molecule has 0 spiro atoms. The van der Waals surface area contributed by atoms with Crippen molar-refractivity contribution in [2.24, 2.45) is 7.05 Å². The first-order valence-corrected chi connectivity index (χ1v) is 6.76. The maximum Gasteiger partial charge on any atom is 0.117 e. The standard InChI is InChI=1S/C15H19N5/c1-9(2)15-17-12-7-11(16)5-6-13(12)20(15)14-8-19(4)18-10(14)3/h5-9H,16H2,1-4H3. The SMILES string of the molecule is Cc1nn(C)cc1-n1c(C(C)C)nc2cc(N)ccc21. The molecule has 0 saturated heterocycles. The van der Waals surface area contributed by atoms with E-state index in [0.29, 0.717) is 5.92 Å². The van der Waals surface area contributed by atoms with Gasteiger partial charge < -0.3 is 5.73 Å². The molecule has 0 radical (unpaired) electrons. The molecule has 0 fully saturated rings. The van der Waals surface area contributed by atoms with Crippen molar-refractivity contribution in [2.75, 3.05) is 5.73 Å². The third kappa shape index (κ3) is 1.86. The van der Waals surface area contributed by atoms with Gasteiger partial charge in [0, 0.05) is 24.8 Å². The minimum absolute atomic E-state index is 0.322. The van der Waals surface area contributed by atoms with Crippen LogP contribution in [0, 0.1) is 6.92 Å². The topological polar surface area (TPSA) is 61.7 Å². The number of aromatic nitrogens is 4. The van der Waals surface area contributed by atoms with Gasteiger partial charge in [-0.05, 0) is 25.1 Å². The van der Waals surface area contributed by atoms with Crippen molar-refractivity contribution in [1.29, 1.82) is 0 Å². The predicted octanol–water partition coefficient (Wildman–Crippen LogP) is 2.77. The maximum atomic E-state index is 5.87. The smallest absolute Gasteiger partial charge is 0.117 e. The van der Waals surface area contributed by atoms with Crippen molar-refractivity contribution in [1.82, 2.24) is 19.3 Å². The summed E-state index contributed by atoms with van der Waals surface area (Å²) in [6.45, 7) is 6.31. The second kappa shape index (κ2) is 4.37. The first-order chi connectivity index (χ1) is 9.47. The molecule has 5 nitrogen and oxygen atoms in total. The maximum absolute atomic E-state index is 5.87. The molecular formula is C15H19N5. The first-order valence-electron chi connectivity index (χ1n) is 6.76. The lowest BCUT2D eigenvalue weighted by molar-refractivity contribution is 0.753. The number of anilines is 1. The molecule has 0 bridgehead atoms. The van der Waals surface area contributed by atoms with Crippen LogP contribution in [0.2, 0.25) is 0 Å². The van der Waals surface area contributed by atoms with E-state index in [9.17, 15) is 0 Å². The van der Waals surface area contributed by atoms with Crippen LogP contribution in [0.1, 0.15) is 31.3 Å². The van der Waals surface area contributed by atoms with Crippen LogP contribution < -0.4 is 5.73 Å². The summed E-state index contributed by atoms with van der Waals surface area (Å²) in [6, 6.07) is 5.86. The van der Waals surface area contributed by atoms with E-state index in [0.717, 1.165) is 33.9 Å². The van der Waals surface area contributed by atoms with Gasteiger partial charge in [-0.1, -0.05) is 13.8 Å². The monoisotopic (exact) mass is 269 g/mol. The Hall–Kier alpha value is -2.30. The molecule has 0 amide bonds. The van der Waals surface area contributed by atoms with E-state index in [1.807, 2.05) is 43.0 Å². The van der Waals surface area contributed by atoms with Crippen LogP contribution in [-0.2, 0) is 7.05 Å². The van der Waals surface area contributed by atoms with Gasteiger partial charge in [0.1, 0.15) is 5.82 Å². The minimum atomic E-state index is 0.322. The zero-order valence-corrected chi connectivity index (χ0v) is 12.3. The highest BCUT2D eigenvalue weighted by atomic mass is 15.3. The number of nitrogen functional groups attached to an aromatic ring is 1. The van der Waals surface area contributed by atoms with Crippen LogP contribution >= 0.6 is 0 Å². The quantitative estimate of drug-likeness (QED) is 0.728. The van der Waals surface area contributed by atoms with Crippen molar-refractivity contribution < 1.29 is 0 Å². The van der Waals surface area contributed by atoms with E-state index in [-0.39, 0.29) is 0 Å². The van der Waals surface area contributed by atoms with Gasteiger partial charge in [0.15, 0.2) is 0 Å². The van der Waals surface area contributed by atoms with Gasteiger partial charge in [-0.3, -0.25) is 9.25 Å². The molecule has 20 heavy (non-hydrogen) atoms. The van der Waals surface area contributed by atoms with Gasteiger partial charge in [-0.2, -0.15) is 5.10 Å². The van der Waals surface area contributed by atoms with E-state index in [1.165, 1.54) is 0 Å². The number of benzene rings is 1. The van der Waals surface area contributed by atoms with Gasteiger partial charge >= 0.3 is 0 Å². The van der Waals surface area contributed by atoms with Crippen molar-refractivity contribution in [3.8, 4) is 5.69 Å². The summed E-state index contributed by atoms with van der Waals surface area (Å²) < 4.78 is 4.01. The Bertz CT molecular complexity index is 779. The molecule has 0 aliphatic rings. The molecule has 1 aromatic carbocycles. The molecule has 5 heteroatoms. The van der Waals surface area contributed by atoms with Gasteiger partial charge in [0.05, 0.1) is 22.4 Å². The van der Waals surface area contributed by atoms with E-state index in [4.69, 9.17) is 10.7 Å². The number of nitrogens with two attached hydrogens (primary N) is 1. The predicted molar refractivity (Wildman–Crippen MR) is 81.1 cm³/mol. The number of imidazole rings is 1. The van der Waals surface area contributed by atoms with E-state index >= 15 is 0 Å². The molecule has 0 atom stereocenters. The average molecular weight is 269 g/mol. The summed E-state index contributed by atoms with van der Waals surface area (Å²) in [7, 11) is 1.93. The van der Waals surface area contributed by atoms with Crippen LogP contribution in [0.25, 0.3) is 16.7 Å². The average Bonchev–Trinajstić information content (AvgIpc) is 2.88. The zero-order chi connectivity index (χ0) is 14.4. The summed E-state index contributed by atoms with van der Waals surface area (Å²) in [5.41, 5.74) is 10.7. The molecule has 2 N–H and O–H groups in total. The molecule has 2 heterocycles. The highest BCUT2D eigenvalue weighted by Gasteiger charge is 2.18. The van der Waals surface area contributed by atoms with Crippen LogP contribution in [0.4, 0.5) is 5.69 Å². The van der Waals surface area contributed by atoms with Gasteiger partial charge in [-0.25, -0.2) is 4.98 Å². The fourth-order valence-electron chi connectivity index (χ4n) is 2.56. The highest BCUT2D eigenvalue weighted by molar-refractivity contribution is 5.81. The lowest BCUT2D eigenvalue weighted by atomic mass is 10.2. The van der Waals surface area contributed by atoms with Crippen LogP contribution in [-0.4, -0.2) is 19.3 Å². The number of rotatable bonds is 2. The largest absolute Gasteiger partial charge is 0.399 e. The summed E-state index contributed by atoms with van der Waals surface area (Å²) in [5.74, 6) is 1.35. The second-order valence-electron chi connectivity index (χ2n) is 5.48. The van der Waals surface area contributed by atoms with Crippen molar-refractivity contribution >= 4 is 16.7 Å². The second-order valence-corrected chi connectivity index (χ2v) is 5.48. The molecule has 0 unspecified atom stereocenters. The Kier molecular flexibility index (Phi) is 2.78. The normalized spacial score (nSPS) is 11.7. The van der Waals surface area contributed by atoms with Crippen LogP contribution in [0.3, 0.4) is 0 Å². The molecule has 3 rings (SSSR count). The van der Waals surface area contributed by atoms with Gasteiger partial charge in [0.2, 0.25) is 0 Å². The number of fused-ring (bicyclic) bond motifs is 1.